The number of halogens is 2. The number of nitrogens with one attached hydrogen (secondary N) is 1. The first-order chi connectivity index (χ1) is 19.3. The number of aromatic nitrogens is 3. The maximum atomic E-state index is 11.3. The Hall–Kier alpha value is -3.07. The topological polar surface area (TPSA) is 97.4 Å². The van der Waals surface area contributed by atoms with Gasteiger partial charge in [-0.15, -0.1) is 0 Å². The Balaban J connectivity index is 1.13. The number of piperidine rings is 1. The predicted molar refractivity (Wildman–Crippen MR) is 144 cm³/mol. The molecule has 0 amide bonds. The van der Waals surface area contributed by atoms with Crippen LogP contribution < -0.4 is 10.7 Å². The molecule has 1 unspecified atom stereocenters. The Bertz CT molecular complexity index is 1580. The Morgan fingerprint density at radius 2 is 1.71 bits per heavy atom. The van der Waals surface area contributed by atoms with Gasteiger partial charge in [0.1, 0.15) is 11.5 Å². The fraction of sp³-hybridized carbons (Fsp3) is 0.393. The molecule has 2 bridgehead atoms. The van der Waals surface area contributed by atoms with E-state index in [1.165, 1.54) is 0 Å². The summed E-state index contributed by atoms with van der Waals surface area (Å²) in [7, 11) is 0. The molecule has 3 aliphatic rings. The quantitative estimate of drug-likeness (QED) is 0.275. The van der Waals surface area contributed by atoms with Gasteiger partial charge in [-0.25, -0.2) is 4.79 Å². The minimum atomic E-state index is -2.14. The van der Waals surface area contributed by atoms with Crippen LogP contribution in [0.1, 0.15) is 58.5 Å². The zero-order valence-electron chi connectivity index (χ0n) is 22.3. The number of fused-ring (bicyclic) bond motifs is 2. The van der Waals surface area contributed by atoms with Gasteiger partial charge in [0.2, 0.25) is 0 Å². The van der Waals surface area contributed by atoms with Crippen molar-refractivity contribution in [3.63, 3.8) is 0 Å². The maximum absolute atomic E-state index is 11.3. The molecule has 0 radical (unpaired) electrons. The van der Waals surface area contributed by atoms with E-state index in [2.05, 4.69) is 24.7 Å². The van der Waals surface area contributed by atoms with Crippen LogP contribution in [0.15, 0.2) is 56.3 Å². The number of anilines is 1. The van der Waals surface area contributed by atoms with Gasteiger partial charge in [0.25, 0.3) is 0 Å². The monoisotopic (exact) mass is 554 g/mol. The van der Waals surface area contributed by atoms with Gasteiger partial charge in [0.15, 0.2) is 5.82 Å². The van der Waals surface area contributed by atoms with Crippen LogP contribution in [0.5, 0.6) is 0 Å². The normalized spacial score (nSPS) is 23.9. The summed E-state index contributed by atoms with van der Waals surface area (Å²) in [6.07, 6.45) is 4.96. The Kier molecular flexibility index (Phi) is 5.51. The average Bonchev–Trinajstić information content (AvgIpc) is 3.41. The summed E-state index contributed by atoms with van der Waals surface area (Å²) in [5.41, 5.74) is 2.90. The number of rotatable bonds is 7. The van der Waals surface area contributed by atoms with E-state index in [0.717, 1.165) is 36.9 Å². The van der Waals surface area contributed by atoms with Crippen molar-refractivity contribution in [2.45, 2.75) is 69.2 Å². The van der Waals surface area contributed by atoms with Crippen molar-refractivity contribution < 1.29 is 16.5 Å². The molecule has 7 rings (SSSR count). The highest BCUT2D eigenvalue weighted by atomic mass is 35.5. The summed E-state index contributed by atoms with van der Waals surface area (Å²) in [5.74, 6) is 0.444. The Morgan fingerprint density at radius 3 is 2.34 bits per heavy atom. The molecule has 2 aromatic heterocycles. The maximum Gasteiger partial charge on any atom is 0.439 e. The first kappa shape index (κ1) is 21.8. The van der Waals surface area contributed by atoms with Crippen molar-refractivity contribution in [2.24, 2.45) is 0 Å². The highest BCUT2D eigenvalue weighted by Gasteiger charge is 2.42. The molecule has 0 spiro atoms. The third kappa shape index (κ3) is 4.34. The fourth-order valence-corrected chi connectivity index (χ4v) is 6.43. The summed E-state index contributed by atoms with van der Waals surface area (Å²) in [6.45, 7) is -2.14. The molecule has 2 aliphatic heterocycles. The van der Waals surface area contributed by atoms with Crippen LogP contribution in [0.4, 0.5) is 5.69 Å². The van der Waals surface area contributed by atoms with Gasteiger partial charge >= 0.3 is 5.76 Å². The van der Waals surface area contributed by atoms with Crippen LogP contribution in [0.25, 0.3) is 22.6 Å². The number of aromatic amines is 1. The van der Waals surface area contributed by atoms with Crippen LogP contribution in [-0.2, 0) is 11.3 Å². The molecule has 8 nitrogen and oxygen atoms in total. The molecule has 196 valence electrons. The zero-order valence-corrected chi connectivity index (χ0v) is 21.8. The summed E-state index contributed by atoms with van der Waals surface area (Å²) < 4.78 is 34.8. The lowest BCUT2D eigenvalue weighted by Crippen LogP contribution is -2.45. The molecular formula is C28H26Cl2N4O4. The van der Waals surface area contributed by atoms with E-state index in [-0.39, 0.29) is 24.1 Å². The van der Waals surface area contributed by atoms with E-state index in [1.54, 1.807) is 18.2 Å². The zero-order chi connectivity index (χ0) is 27.6. The lowest BCUT2D eigenvalue weighted by Gasteiger charge is -2.40. The van der Waals surface area contributed by atoms with Crippen LogP contribution >= 0.6 is 23.2 Å². The minimum absolute atomic E-state index is 0.118. The minimum Gasteiger partial charge on any atom is -0.373 e. The first-order valence-corrected chi connectivity index (χ1v) is 13.6. The van der Waals surface area contributed by atoms with Gasteiger partial charge in [-0.2, -0.15) is 0 Å². The third-order valence-electron chi connectivity index (χ3n) is 7.76. The molecule has 2 saturated heterocycles. The number of ether oxygens (including phenoxy) is 1. The van der Waals surface area contributed by atoms with E-state index < -0.39 is 12.3 Å². The third-order valence-corrected chi connectivity index (χ3v) is 8.39. The number of nitrogens with zero attached hydrogens (tertiary/aromatic N) is 3. The van der Waals surface area contributed by atoms with E-state index >= 15 is 0 Å². The predicted octanol–water partition coefficient (Wildman–Crippen LogP) is 6.59. The van der Waals surface area contributed by atoms with Gasteiger partial charge < -0.3 is 14.2 Å². The van der Waals surface area contributed by atoms with Gasteiger partial charge in [0.05, 0.1) is 25.4 Å². The Labute approximate surface area is 231 Å². The van der Waals surface area contributed by atoms with Crippen LogP contribution in [0.3, 0.4) is 0 Å². The van der Waals surface area contributed by atoms with Crippen molar-refractivity contribution >= 4 is 28.9 Å². The van der Waals surface area contributed by atoms with Gasteiger partial charge in [-0.3, -0.25) is 9.51 Å². The molecule has 4 heterocycles. The van der Waals surface area contributed by atoms with Crippen molar-refractivity contribution in [3.8, 4) is 22.6 Å². The average molecular weight is 555 g/mol. The van der Waals surface area contributed by atoms with Gasteiger partial charge in [0, 0.05) is 40.4 Å². The lowest BCUT2D eigenvalue weighted by molar-refractivity contribution is 0.0147. The molecule has 38 heavy (non-hydrogen) atoms. The molecular weight excluding hydrogens is 527 g/mol. The molecule has 2 aromatic carbocycles. The van der Waals surface area contributed by atoms with Crippen molar-refractivity contribution in [3.05, 3.63) is 74.4 Å². The lowest BCUT2D eigenvalue weighted by atomic mass is 9.98. The number of hydrogen-bond acceptors (Lipinski definition) is 7. The smallest absolute Gasteiger partial charge is 0.373 e. The van der Waals surface area contributed by atoms with Crippen LogP contribution in [0, 0.1) is 0 Å². The summed E-state index contributed by atoms with van der Waals surface area (Å²) >= 11 is 13.0. The second kappa shape index (κ2) is 9.59. The van der Waals surface area contributed by atoms with Gasteiger partial charge in [-0.05, 0) is 74.9 Å². The summed E-state index contributed by atoms with van der Waals surface area (Å²) in [5, 5.41) is 8.77. The first-order valence-electron chi connectivity index (χ1n) is 13.9. The van der Waals surface area contributed by atoms with Crippen LogP contribution in [0.2, 0.25) is 10.0 Å². The molecule has 1 aliphatic carbocycles. The fourth-order valence-electron chi connectivity index (χ4n) is 5.85. The van der Waals surface area contributed by atoms with E-state index in [0.29, 0.717) is 51.3 Å². The standard InChI is InChI=1S/C28H26Cl2N4O4/c29-22-2-1-3-23(30)24(22)25-21(26(37-32-25)15-4-5-15)14-36-20-12-18-10-11-19(13-20)34(18)17-8-6-16(7-9-17)27-31-28(35)38-33-27/h1-3,6-9,15,18-20H,4-5,10-14H2,(H,31,33,35)/t18-,19+,20?/i14D2. The van der Waals surface area contributed by atoms with E-state index in [9.17, 15) is 4.79 Å². The second-order valence-corrected chi connectivity index (χ2v) is 11.1. The van der Waals surface area contributed by atoms with Crippen molar-refractivity contribution in [2.75, 3.05) is 4.90 Å². The van der Waals surface area contributed by atoms with E-state index in [1.807, 2.05) is 24.3 Å². The second-order valence-electron chi connectivity index (χ2n) is 10.2. The number of H-pyrrole nitrogens is 1. The highest BCUT2D eigenvalue weighted by Crippen LogP contribution is 2.47. The van der Waals surface area contributed by atoms with E-state index in [4.69, 9.17) is 35.2 Å². The largest absolute Gasteiger partial charge is 0.439 e. The summed E-state index contributed by atoms with van der Waals surface area (Å²) in [4.78, 5) is 16.3. The molecule has 1 saturated carbocycles. The van der Waals surface area contributed by atoms with Gasteiger partial charge in [-0.1, -0.05) is 39.6 Å². The molecule has 1 N–H and O–H groups in total. The molecule has 4 aromatic rings. The Morgan fingerprint density at radius 1 is 1.00 bits per heavy atom. The number of hydrogen-bond donors (Lipinski definition) is 1. The van der Waals surface area contributed by atoms with Crippen LogP contribution in [-0.4, -0.2) is 33.5 Å². The molecule has 10 heteroatoms. The SMILES string of the molecule is [2H]C([2H])(OC1C[C@H]2CC[C@@H](C1)N2c1ccc(-c2noc(=O)[nH]2)cc1)c1c(-c2c(Cl)cccc2Cl)noc1C1CC1. The highest BCUT2D eigenvalue weighted by molar-refractivity contribution is 6.39. The van der Waals surface area contributed by atoms with Crippen molar-refractivity contribution in [1.29, 1.82) is 0 Å². The summed E-state index contributed by atoms with van der Waals surface area (Å²) in [6, 6.07) is 13.5. The molecule has 3 atom stereocenters. The van der Waals surface area contributed by atoms with Crippen molar-refractivity contribution in [1.82, 2.24) is 15.3 Å². The number of benzene rings is 2. The molecule has 3 fully saturated rings.